The minimum atomic E-state index is -0.251. The van der Waals surface area contributed by atoms with Gasteiger partial charge in [0.2, 0.25) is 0 Å². The molecule has 0 unspecified atom stereocenters. The Labute approximate surface area is 195 Å². The molecule has 1 aliphatic heterocycles. The molecular formula is C25H21ClN4O3. The number of benzene rings is 2. The molecule has 166 valence electrons. The van der Waals surface area contributed by atoms with Gasteiger partial charge in [0.1, 0.15) is 5.69 Å². The van der Waals surface area contributed by atoms with Crippen LogP contribution in [0, 0.1) is 0 Å². The van der Waals surface area contributed by atoms with Crippen molar-refractivity contribution >= 4 is 17.5 Å². The Morgan fingerprint density at radius 3 is 2.76 bits per heavy atom. The first-order valence-electron chi connectivity index (χ1n) is 10.6. The molecule has 3 heterocycles. The molecule has 0 radical (unpaired) electrons. The number of aromatic nitrogens is 3. The van der Waals surface area contributed by atoms with Gasteiger partial charge in [-0.15, -0.1) is 0 Å². The van der Waals surface area contributed by atoms with Crippen LogP contribution in [0.3, 0.4) is 0 Å². The predicted molar refractivity (Wildman–Crippen MR) is 125 cm³/mol. The van der Waals surface area contributed by atoms with Crippen LogP contribution in [0.4, 0.5) is 0 Å². The Morgan fingerprint density at radius 1 is 1.09 bits per heavy atom. The molecule has 0 fully saturated rings. The highest BCUT2D eigenvalue weighted by Gasteiger charge is 2.20. The number of hydrogen-bond donors (Lipinski definition) is 1. The van der Waals surface area contributed by atoms with Crippen molar-refractivity contribution in [1.82, 2.24) is 20.1 Å². The van der Waals surface area contributed by atoms with Crippen LogP contribution in [0.15, 0.2) is 73.2 Å². The number of nitrogens with one attached hydrogen (secondary N) is 1. The van der Waals surface area contributed by atoms with E-state index in [1.54, 1.807) is 29.3 Å². The summed E-state index contributed by atoms with van der Waals surface area (Å²) in [4.78, 5) is 17.4. The molecule has 1 aliphatic rings. The number of carbonyl (C=O) groups excluding carboxylic acids is 1. The lowest BCUT2D eigenvalue weighted by molar-refractivity contribution is 0.0951. The normalized spacial score (nSPS) is 12.8. The molecule has 0 bridgehead atoms. The monoisotopic (exact) mass is 460 g/mol. The lowest BCUT2D eigenvalue weighted by Gasteiger charge is -2.12. The quantitative estimate of drug-likeness (QED) is 0.468. The number of halogens is 1. The van der Waals surface area contributed by atoms with Crippen LogP contribution in [-0.4, -0.2) is 33.9 Å². The van der Waals surface area contributed by atoms with Crippen molar-refractivity contribution in [3.05, 3.63) is 89.3 Å². The van der Waals surface area contributed by atoms with Crippen LogP contribution in [-0.2, 0) is 6.54 Å². The van der Waals surface area contributed by atoms with Gasteiger partial charge in [-0.3, -0.25) is 9.78 Å². The second-order valence-corrected chi connectivity index (χ2v) is 7.96. The van der Waals surface area contributed by atoms with Gasteiger partial charge in [-0.2, -0.15) is 5.10 Å². The van der Waals surface area contributed by atoms with Crippen molar-refractivity contribution < 1.29 is 14.3 Å². The van der Waals surface area contributed by atoms with Gasteiger partial charge in [0.05, 0.1) is 29.5 Å². The maximum Gasteiger partial charge on any atom is 0.255 e. The molecule has 2 aromatic carbocycles. The van der Waals surface area contributed by atoms with Crippen LogP contribution < -0.4 is 14.8 Å². The molecule has 1 amide bonds. The van der Waals surface area contributed by atoms with Crippen molar-refractivity contribution in [1.29, 1.82) is 0 Å². The topological polar surface area (TPSA) is 78.3 Å². The zero-order valence-electron chi connectivity index (χ0n) is 17.7. The number of ether oxygens (including phenoxy) is 2. The number of carbonyl (C=O) groups is 1. The van der Waals surface area contributed by atoms with Crippen molar-refractivity contribution in [3.63, 3.8) is 0 Å². The smallest absolute Gasteiger partial charge is 0.255 e. The molecule has 33 heavy (non-hydrogen) atoms. The summed E-state index contributed by atoms with van der Waals surface area (Å²) >= 11 is 6.39. The van der Waals surface area contributed by atoms with E-state index in [1.165, 1.54) is 0 Å². The Hall–Kier alpha value is -3.84. The van der Waals surface area contributed by atoms with E-state index in [0.717, 1.165) is 23.2 Å². The van der Waals surface area contributed by atoms with Crippen molar-refractivity contribution in [3.8, 4) is 28.4 Å². The van der Waals surface area contributed by atoms with E-state index in [0.29, 0.717) is 41.0 Å². The molecule has 4 aromatic rings. The third-order valence-electron chi connectivity index (χ3n) is 5.23. The molecule has 2 aromatic heterocycles. The van der Waals surface area contributed by atoms with Gasteiger partial charge >= 0.3 is 0 Å². The highest BCUT2D eigenvalue weighted by Crippen LogP contribution is 2.38. The summed E-state index contributed by atoms with van der Waals surface area (Å²) in [5, 5.41) is 8.10. The molecule has 0 atom stereocenters. The molecule has 0 spiro atoms. The molecule has 0 aliphatic carbocycles. The maximum absolute atomic E-state index is 13.2. The summed E-state index contributed by atoms with van der Waals surface area (Å²) in [6, 6.07) is 17.0. The number of pyridine rings is 1. The zero-order valence-corrected chi connectivity index (χ0v) is 18.5. The molecular weight excluding hydrogens is 440 g/mol. The summed E-state index contributed by atoms with van der Waals surface area (Å²) in [5.41, 5.74) is 3.44. The number of nitrogens with zero attached hydrogens (tertiary/aromatic N) is 3. The Morgan fingerprint density at radius 2 is 1.94 bits per heavy atom. The van der Waals surface area contributed by atoms with Crippen LogP contribution >= 0.6 is 11.6 Å². The number of fused-ring (bicyclic) bond motifs is 1. The maximum atomic E-state index is 13.2. The molecule has 0 saturated heterocycles. The fourth-order valence-corrected chi connectivity index (χ4v) is 3.92. The minimum Gasteiger partial charge on any atom is -0.489 e. The first-order valence-corrected chi connectivity index (χ1v) is 11.0. The van der Waals surface area contributed by atoms with Gasteiger partial charge in [0.25, 0.3) is 5.91 Å². The standard InChI is InChI=1S/C25H21ClN4O3/c26-21-12-17(13-22-24(21)33-11-5-10-32-22)14-28-25(31)20-16-30(19-7-2-1-3-8-19)29-23(20)18-6-4-9-27-15-18/h1-4,6-9,12-13,15-16H,5,10-11,14H2,(H,28,31). The zero-order chi connectivity index (χ0) is 22.6. The number of amides is 1. The predicted octanol–water partition coefficient (Wildman–Crippen LogP) is 4.68. The SMILES string of the molecule is O=C(NCc1cc(Cl)c2c(c1)OCCCO2)c1cn(-c2ccccc2)nc1-c1cccnc1. The average molecular weight is 461 g/mol. The Balaban J connectivity index is 1.42. The third kappa shape index (κ3) is 4.54. The highest BCUT2D eigenvalue weighted by atomic mass is 35.5. The average Bonchev–Trinajstić information content (AvgIpc) is 3.16. The van der Waals surface area contributed by atoms with Crippen molar-refractivity contribution in [2.24, 2.45) is 0 Å². The van der Waals surface area contributed by atoms with Gasteiger partial charge in [0.15, 0.2) is 11.5 Å². The van der Waals surface area contributed by atoms with Crippen molar-refractivity contribution in [2.75, 3.05) is 13.2 Å². The Bertz CT molecular complexity index is 1280. The van der Waals surface area contributed by atoms with Gasteiger partial charge < -0.3 is 14.8 Å². The first-order chi connectivity index (χ1) is 16.2. The second kappa shape index (κ2) is 9.34. The molecule has 7 nitrogen and oxygen atoms in total. The van der Waals surface area contributed by atoms with E-state index in [1.807, 2.05) is 48.5 Å². The van der Waals surface area contributed by atoms with E-state index < -0.39 is 0 Å². The van der Waals surface area contributed by atoms with Crippen molar-refractivity contribution in [2.45, 2.75) is 13.0 Å². The van der Waals surface area contributed by atoms with Gasteiger partial charge in [0, 0.05) is 37.1 Å². The molecule has 0 saturated carbocycles. The molecule has 8 heteroatoms. The number of para-hydroxylation sites is 1. The number of hydrogen-bond acceptors (Lipinski definition) is 5. The largest absolute Gasteiger partial charge is 0.489 e. The summed E-state index contributed by atoms with van der Waals surface area (Å²) in [5.74, 6) is 0.892. The molecule has 5 rings (SSSR count). The van der Waals surface area contributed by atoms with Crippen LogP contribution in [0.25, 0.3) is 16.9 Å². The summed E-state index contributed by atoms with van der Waals surface area (Å²) < 4.78 is 13.1. The van der Waals surface area contributed by atoms with Crippen LogP contribution in [0.5, 0.6) is 11.5 Å². The Kier molecular flexibility index (Phi) is 5.95. The van der Waals surface area contributed by atoms with E-state index >= 15 is 0 Å². The van der Waals surface area contributed by atoms with E-state index in [2.05, 4.69) is 15.4 Å². The summed E-state index contributed by atoms with van der Waals surface area (Å²) in [6.45, 7) is 1.40. The van der Waals surface area contributed by atoms with Gasteiger partial charge in [-0.25, -0.2) is 4.68 Å². The van der Waals surface area contributed by atoms with Crippen LogP contribution in [0.2, 0.25) is 5.02 Å². The second-order valence-electron chi connectivity index (χ2n) is 7.55. The minimum absolute atomic E-state index is 0.251. The fourth-order valence-electron chi connectivity index (χ4n) is 3.63. The van der Waals surface area contributed by atoms with E-state index in [4.69, 9.17) is 21.1 Å². The first kappa shape index (κ1) is 21.0. The molecule has 1 N–H and O–H groups in total. The summed E-state index contributed by atoms with van der Waals surface area (Å²) in [7, 11) is 0. The van der Waals surface area contributed by atoms with E-state index in [-0.39, 0.29) is 12.5 Å². The summed E-state index contributed by atoms with van der Waals surface area (Å²) in [6.07, 6.45) is 5.90. The lowest BCUT2D eigenvalue weighted by atomic mass is 10.1. The van der Waals surface area contributed by atoms with Crippen LogP contribution in [0.1, 0.15) is 22.3 Å². The fraction of sp³-hybridized carbons (Fsp3) is 0.160. The third-order valence-corrected chi connectivity index (χ3v) is 5.51. The highest BCUT2D eigenvalue weighted by molar-refractivity contribution is 6.32. The lowest BCUT2D eigenvalue weighted by Crippen LogP contribution is -2.23. The number of rotatable bonds is 5. The van der Waals surface area contributed by atoms with Gasteiger partial charge in [-0.1, -0.05) is 29.8 Å². The van der Waals surface area contributed by atoms with Gasteiger partial charge in [-0.05, 0) is 42.0 Å². The van der Waals surface area contributed by atoms with E-state index in [9.17, 15) is 4.79 Å².